The largest absolute Gasteiger partial charge is 0.496 e. The summed E-state index contributed by atoms with van der Waals surface area (Å²) in [6.45, 7) is 1.37. The highest BCUT2D eigenvalue weighted by Crippen LogP contribution is 2.34. The molecule has 2 aromatic heterocycles. The highest BCUT2D eigenvalue weighted by molar-refractivity contribution is 7.18. The molecular formula is C31H31N3O3S. The van der Waals surface area contributed by atoms with E-state index in [2.05, 4.69) is 29.6 Å². The van der Waals surface area contributed by atoms with Gasteiger partial charge < -0.3 is 14.8 Å². The fourth-order valence-electron chi connectivity index (χ4n) is 5.64. The van der Waals surface area contributed by atoms with E-state index in [1.165, 1.54) is 16.0 Å². The molecule has 0 radical (unpaired) electrons. The molecular weight excluding hydrogens is 494 g/mol. The molecule has 1 aliphatic rings. The first kappa shape index (κ1) is 24.6. The molecule has 194 valence electrons. The molecule has 5 aromatic rings. The Morgan fingerprint density at radius 1 is 0.974 bits per heavy atom. The molecule has 0 aliphatic heterocycles. The number of ether oxygens (including phenoxy) is 2. The maximum absolute atomic E-state index is 13.7. The van der Waals surface area contributed by atoms with Crippen molar-refractivity contribution >= 4 is 32.3 Å². The third-order valence-electron chi connectivity index (χ3n) is 7.59. The number of thiophene rings is 1. The van der Waals surface area contributed by atoms with Crippen molar-refractivity contribution in [3.63, 3.8) is 0 Å². The van der Waals surface area contributed by atoms with E-state index in [1.54, 1.807) is 36.5 Å². The number of rotatable bonds is 8. The van der Waals surface area contributed by atoms with Gasteiger partial charge >= 0.3 is 0 Å². The quantitative estimate of drug-likeness (QED) is 0.295. The lowest BCUT2D eigenvalue weighted by Gasteiger charge is -2.23. The fraction of sp³-hybridized carbons (Fsp3) is 0.290. The summed E-state index contributed by atoms with van der Waals surface area (Å²) in [5, 5.41) is 6.67. The molecule has 6 rings (SSSR count). The average Bonchev–Trinajstić information content (AvgIpc) is 3.33. The number of aromatic nitrogens is 2. The van der Waals surface area contributed by atoms with Gasteiger partial charge in [0, 0.05) is 16.3 Å². The number of aryl methyl sites for hydroxylation is 1. The predicted molar refractivity (Wildman–Crippen MR) is 154 cm³/mol. The van der Waals surface area contributed by atoms with Crippen molar-refractivity contribution in [2.75, 3.05) is 20.8 Å². The van der Waals surface area contributed by atoms with Crippen LogP contribution in [0.4, 0.5) is 0 Å². The van der Waals surface area contributed by atoms with Gasteiger partial charge in [-0.3, -0.25) is 9.36 Å². The van der Waals surface area contributed by atoms with Crippen molar-refractivity contribution in [3.8, 4) is 11.5 Å². The minimum absolute atomic E-state index is 0.0509. The number of methoxy groups -OCH3 is 2. The third-order valence-corrected chi connectivity index (χ3v) is 8.75. The van der Waals surface area contributed by atoms with Crippen LogP contribution < -0.4 is 20.3 Å². The Kier molecular flexibility index (Phi) is 6.87. The molecule has 0 bridgehead atoms. The lowest BCUT2D eigenvalue weighted by molar-refractivity contribution is 0.407. The zero-order valence-corrected chi connectivity index (χ0v) is 22.5. The topological polar surface area (TPSA) is 65.4 Å². The van der Waals surface area contributed by atoms with Gasteiger partial charge in [-0.05, 0) is 66.4 Å². The normalized spacial score (nSPS) is 15.1. The first-order chi connectivity index (χ1) is 18.7. The lowest BCUT2D eigenvalue weighted by Crippen LogP contribution is -2.35. The maximum atomic E-state index is 13.7. The van der Waals surface area contributed by atoms with Crippen LogP contribution >= 0.6 is 11.3 Å². The summed E-state index contributed by atoms with van der Waals surface area (Å²) < 4.78 is 12.8. The van der Waals surface area contributed by atoms with Gasteiger partial charge in [0.1, 0.15) is 16.3 Å². The molecule has 0 saturated carbocycles. The van der Waals surface area contributed by atoms with Gasteiger partial charge in [-0.2, -0.15) is 0 Å². The van der Waals surface area contributed by atoms with Gasteiger partial charge in [0.05, 0.1) is 32.5 Å². The number of nitrogens with one attached hydrogen (secondary N) is 1. The van der Waals surface area contributed by atoms with E-state index in [-0.39, 0.29) is 5.56 Å². The first-order valence-electron chi connectivity index (χ1n) is 13.1. The molecule has 0 spiro atoms. The molecule has 3 aromatic carbocycles. The fourth-order valence-corrected chi connectivity index (χ4v) is 6.90. The molecule has 2 heterocycles. The Bertz CT molecular complexity index is 1670. The van der Waals surface area contributed by atoms with Crippen LogP contribution in [0.2, 0.25) is 0 Å². The molecule has 0 saturated heterocycles. The lowest BCUT2D eigenvalue weighted by atomic mass is 9.93. The second-order valence-corrected chi connectivity index (χ2v) is 10.9. The molecule has 1 aliphatic carbocycles. The van der Waals surface area contributed by atoms with E-state index < -0.39 is 0 Å². The molecule has 38 heavy (non-hydrogen) atoms. The molecule has 1 unspecified atom stereocenters. The first-order valence-corrected chi connectivity index (χ1v) is 13.9. The summed E-state index contributed by atoms with van der Waals surface area (Å²) in [5.41, 5.74) is 3.54. The van der Waals surface area contributed by atoms with Crippen LogP contribution in [-0.2, 0) is 25.8 Å². The maximum Gasteiger partial charge on any atom is 0.262 e. The van der Waals surface area contributed by atoms with Crippen molar-refractivity contribution in [1.82, 2.24) is 14.9 Å². The van der Waals surface area contributed by atoms with Gasteiger partial charge in [-0.15, -0.1) is 11.3 Å². The number of hydrogen-bond donors (Lipinski definition) is 1. The highest BCUT2D eigenvalue weighted by atomic mass is 32.1. The summed E-state index contributed by atoms with van der Waals surface area (Å²) >= 11 is 1.68. The van der Waals surface area contributed by atoms with Crippen LogP contribution in [0.1, 0.15) is 28.0 Å². The van der Waals surface area contributed by atoms with Crippen LogP contribution in [0.25, 0.3) is 21.0 Å². The minimum Gasteiger partial charge on any atom is -0.496 e. The average molecular weight is 526 g/mol. The van der Waals surface area contributed by atoms with E-state index in [9.17, 15) is 4.79 Å². The van der Waals surface area contributed by atoms with Gasteiger partial charge in [-0.1, -0.05) is 48.5 Å². The van der Waals surface area contributed by atoms with Crippen molar-refractivity contribution in [1.29, 1.82) is 0 Å². The standard InChI is InChI=1S/C31H31N3O3S/c1-36-26-10-6-3-7-20(26)15-16-32-22-12-13-25-28(17-22)38-30-29(25)31(35)34(19-33-30)18-21-11-14-27(37-2)24-9-5-4-8-23(21)24/h3-11,14,19,22,32H,12-13,15-18H2,1-2H3. The monoisotopic (exact) mass is 525 g/mol. The van der Waals surface area contributed by atoms with Crippen molar-refractivity contribution in [3.05, 3.63) is 98.9 Å². The summed E-state index contributed by atoms with van der Waals surface area (Å²) in [4.78, 5) is 20.5. The van der Waals surface area contributed by atoms with Gasteiger partial charge in [0.2, 0.25) is 0 Å². The van der Waals surface area contributed by atoms with Gasteiger partial charge in [0.15, 0.2) is 0 Å². The SMILES string of the molecule is COc1ccccc1CCNC1CCc2c(sc3ncn(Cc4ccc(OC)c5ccccc45)c(=O)c23)C1. The van der Waals surface area contributed by atoms with Gasteiger partial charge in [0.25, 0.3) is 5.56 Å². The number of hydrogen-bond acceptors (Lipinski definition) is 6. The molecule has 0 fully saturated rings. The van der Waals surface area contributed by atoms with E-state index in [0.717, 1.165) is 70.3 Å². The zero-order chi connectivity index (χ0) is 26.1. The number of benzene rings is 3. The Labute approximate surface area is 225 Å². The molecule has 1 atom stereocenters. The molecule has 1 N–H and O–H groups in total. The highest BCUT2D eigenvalue weighted by Gasteiger charge is 2.25. The number of nitrogens with zero attached hydrogens (tertiary/aromatic N) is 2. The summed E-state index contributed by atoms with van der Waals surface area (Å²) in [6.07, 6.45) is 5.47. The smallest absolute Gasteiger partial charge is 0.262 e. The zero-order valence-electron chi connectivity index (χ0n) is 21.7. The van der Waals surface area contributed by atoms with E-state index in [1.807, 2.05) is 36.4 Å². The van der Waals surface area contributed by atoms with Crippen molar-refractivity contribution < 1.29 is 9.47 Å². The second-order valence-electron chi connectivity index (χ2n) is 9.79. The Morgan fingerprint density at radius 2 is 1.76 bits per heavy atom. The Balaban J connectivity index is 1.21. The molecule has 7 heteroatoms. The Hall–Kier alpha value is -3.68. The summed E-state index contributed by atoms with van der Waals surface area (Å²) in [6, 6.07) is 20.8. The van der Waals surface area contributed by atoms with Crippen LogP contribution in [0, 0.1) is 0 Å². The predicted octanol–water partition coefficient (Wildman–Crippen LogP) is 5.37. The van der Waals surface area contributed by atoms with E-state index in [0.29, 0.717) is 12.6 Å². The Morgan fingerprint density at radius 3 is 2.61 bits per heavy atom. The van der Waals surface area contributed by atoms with Crippen LogP contribution in [0.5, 0.6) is 11.5 Å². The third kappa shape index (κ3) is 4.57. The van der Waals surface area contributed by atoms with Gasteiger partial charge in [-0.25, -0.2) is 4.98 Å². The summed E-state index contributed by atoms with van der Waals surface area (Å²) in [5.74, 6) is 1.78. The van der Waals surface area contributed by atoms with Crippen molar-refractivity contribution in [2.24, 2.45) is 0 Å². The molecule has 0 amide bonds. The van der Waals surface area contributed by atoms with Crippen LogP contribution in [0.15, 0.2) is 71.8 Å². The summed E-state index contributed by atoms with van der Waals surface area (Å²) in [7, 11) is 3.40. The second kappa shape index (κ2) is 10.6. The number of fused-ring (bicyclic) bond motifs is 4. The molecule has 6 nitrogen and oxygen atoms in total. The van der Waals surface area contributed by atoms with E-state index in [4.69, 9.17) is 14.5 Å². The van der Waals surface area contributed by atoms with E-state index >= 15 is 0 Å². The van der Waals surface area contributed by atoms with Crippen LogP contribution in [-0.4, -0.2) is 36.4 Å². The van der Waals surface area contributed by atoms with Crippen LogP contribution in [0.3, 0.4) is 0 Å². The van der Waals surface area contributed by atoms with Crippen molar-refractivity contribution in [2.45, 2.75) is 38.3 Å². The number of para-hydroxylation sites is 1. The minimum atomic E-state index is 0.0509.